The number of amides is 3. The fourth-order valence-electron chi connectivity index (χ4n) is 3.90. The van der Waals surface area contributed by atoms with Gasteiger partial charge in [0.05, 0.1) is 5.75 Å². The summed E-state index contributed by atoms with van der Waals surface area (Å²) in [5.74, 6) is -0.282. The molecular weight excluding hydrogens is 458 g/mol. The van der Waals surface area contributed by atoms with Gasteiger partial charge in [-0.2, -0.15) is 0 Å². The highest BCUT2D eigenvalue weighted by molar-refractivity contribution is 8.00. The Hall–Kier alpha value is -3.58. The van der Waals surface area contributed by atoms with Crippen LogP contribution in [0, 0.1) is 6.92 Å². The Kier molecular flexibility index (Phi) is 7.26. The standard InChI is InChI=1S/C28H29N3O3S/c1-4-28(3,27(34)29-22-15-13-19(2)14-16-22)30-25(33)21-11-8-12-23(17-21)31-24(32)18-35-26(31)20-9-6-5-7-10-20/h5-17,26H,4,18H2,1-3H3,(H,29,34)(H,30,33)/t26-,28-/m1/s1. The molecule has 35 heavy (non-hydrogen) atoms. The van der Waals surface area contributed by atoms with E-state index < -0.39 is 5.54 Å². The number of carbonyl (C=O) groups is 3. The minimum absolute atomic E-state index is 0.00252. The van der Waals surface area contributed by atoms with Crippen molar-refractivity contribution in [3.63, 3.8) is 0 Å². The molecule has 0 saturated carbocycles. The number of benzene rings is 3. The SMILES string of the molecule is CC[C@@](C)(NC(=O)c1cccc(N2C(=O)CS[C@@H]2c2ccccc2)c1)C(=O)Nc1ccc(C)cc1. The molecule has 4 rings (SSSR count). The maximum atomic E-state index is 13.2. The third-order valence-corrected chi connectivity index (χ3v) is 7.46. The van der Waals surface area contributed by atoms with Gasteiger partial charge in [-0.3, -0.25) is 19.3 Å². The van der Waals surface area contributed by atoms with E-state index in [2.05, 4.69) is 10.6 Å². The zero-order valence-corrected chi connectivity index (χ0v) is 20.9. The fraction of sp³-hybridized carbons (Fsp3) is 0.250. The van der Waals surface area contributed by atoms with E-state index in [1.54, 1.807) is 41.8 Å². The van der Waals surface area contributed by atoms with Gasteiger partial charge in [0.25, 0.3) is 5.91 Å². The van der Waals surface area contributed by atoms with Gasteiger partial charge in [0, 0.05) is 16.9 Å². The third-order valence-electron chi connectivity index (χ3n) is 6.25. The average molecular weight is 488 g/mol. The molecule has 1 saturated heterocycles. The third kappa shape index (κ3) is 5.41. The van der Waals surface area contributed by atoms with Gasteiger partial charge in [-0.1, -0.05) is 61.0 Å². The first-order valence-electron chi connectivity index (χ1n) is 11.6. The van der Waals surface area contributed by atoms with E-state index in [1.807, 2.05) is 74.5 Å². The number of rotatable bonds is 7. The summed E-state index contributed by atoms with van der Waals surface area (Å²) in [6.45, 7) is 5.55. The van der Waals surface area contributed by atoms with Crippen molar-refractivity contribution in [2.24, 2.45) is 0 Å². The summed E-state index contributed by atoms with van der Waals surface area (Å²) in [6.07, 6.45) is 0.410. The minimum atomic E-state index is -1.11. The van der Waals surface area contributed by atoms with Crippen molar-refractivity contribution in [1.29, 1.82) is 0 Å². The Labute approximate surface area is 210 Å². The molecule has 3 aromatic carbocycles. The molecule has 6 nitrogen and oxygen atoms in total. The second kappa shape index (κ2) is 10.4. The smallest absolute Gasteiger partial charge is 0.252 e. The molecule has 7 heteroatoms. The van der Waals surface area contributed by atoms with Crippen LogP contribution in [0.2, 0.25) is 0 Å². The maximum absolute atomic E-state index is 13.2. The minimum Gasteiger partial charge on any atom is -0.338 e. The predicted molar refractivity (Wildman–Crippen MR) is 142 cm³/mol. The zero-order chi connectivity index (χ0) is 25.0. The molecule has 0 unspecified atom stereocenters. The van der Waals surface area contributed by atoms with Crippen LogP contribution in [0.3, 0.4) is 0 Å². The molecule has 0 aromatic heterocycles. The monoisotopic (exact) mass is 487 g/mol. The highest BCUT2D eigenvalue weighted by Gasteiger charge is 2.36. The van der Waals surface area contributed by atoms with Crippen molar-refractivity contribution in [3.05, 3.63) is 95.6 Å². The summed E-state index contributed by atoms with van der Waals surface area (Å²) in [5.41, 5.74) is 2.74. The summed E-state index contributed by atoms with van der Waals surface area (Å²) in [7, 11) is 0. The van der Waals surface area contributed by atoms with E-state index in [9.17, 15) is 14.4 Å². The van der Waals surface area contributed by atoms with Gasteiger partial charge >= 0.3 is 0 Å². The van der Waals surface area contributed by atoms with E-state index >= 15 is 0 Å². The Balaban J connectivity index is 1.53. The summed E-state index contributed by atoms with van der Waals surface area (Å²) in [6, 6.07) is 24.4. The summed E-state index contributed by atoms with van der Waals surface area (Å²) < 4.78 is 0. The lowest BCUT2D eigenvalue weighted by Gasteiger charge is -2.29. The highest BCUT2D eigenvalue weighted by Crippen LogP contribution is 2.41. The van der Waals surface area contributed by atoms with Gasteiger partial charge in [-0.25, -0.2) is 0 Å². The average Bonchev–Trinajstić information content (AvgIpc) is 3.27. The van der Waals surface area contributed by atoms with Gasteiger partial charge in [0.1, 0.15) is 10.9 Å². The lowest BCUT2D eigenvalue weighted by molar-refractivity contribution is -0.121. The normalized spacial score (nSPS) is 17.1. The van der Waals surface area contributed by atoms with Crippen molar-refractivity contribution < 1.29 is 14.4 Å². The van der Waals surface area contributed by atoms with Crippen molar-refractivity contribution in [3.8, 4) is 0 Å². The molecule has 0 bridgehead atoms. The molecule has 0 spiro atoms. The summed E-state index contributed by atoms with van der Waals surface area (Å²) in [5, 5.41) is 5.65. The van der Waals surface area contributed by atoms with E-state index in [4.69, 9.17) is 0 Å². The van der Waals surface area contributed by atoms with Crippen molar-refractivity contribution in [2.75, 3.05) is 16.0 Å². The number of nitrogens with zero attached hydrogens (tertiary/aromatic N) is 1. The van der Waals surface area contributed by atoms with Crippen LogP contribution in [0.4, 0.5) is 11.4 Å². The molecule has 1 aliphatic rings. The zero-order valence-electron chi connectivity index (χ0n) is 20.1. The second-order valence-electron chi connectivity index (χ2n) is 8.85. The molecule has 0 aliphatic carbocycles. The van der Waals surface area contributed by atoms with Gasteiger partial charge in [0.2, 0.25) is 11.8 Å². The van der Waals surface area contributed by atoms with Crippen LogP contribution in [0.25, 0.3) is 0 Å². The summed E-state index contributed by atoms with van der Waals surface area (Å²) >= 11 is 1.56. The van der Waals surface area contributed by atoms with Crippen LogP contribution < -0.4 is 15.5 Å². The number of aryl methyl sites for hydroxylation is 1. The molecule has 1 fully saturated rings. The highest BCUT2D eigenvalue weighted by atomic mass is 32.2. The van der Waals surface area contributed by atoms with Crippen LogP contribution in [-0.4, -0.2) is 29.0 Å². The van der Waals surface area contributed by atoms with Crippen molar-refractivity contribution >= 4 is 40.9 Å². The lowest BCUT2D eigenvalue weighted by atomic mass is 9.96. The first-order chi connectivity index (χ1) is 16.8. The number of hydrogen-bond acceptors (Lipinski definition) is 4. The Morgan fingerprint density at radius 2 is 1.74 bits per heavy atom. The van der Waals surface area contributed by atoms with Gasteiger partial charge in [-0.05, 0) is 56.2 Å². The van der Waals surface area contributed by atoms with E-state index in [0.717, 1.165) is 11.1 Å². The molecule has 1 heterocycles. The van der Waals surface area contributed by atoms with Crippen LogP contribution in [0.15, 0.2) is 78.9 Å². The number of hydrogen-bond donors (Lipinski definition) is 2. The number of anilines is 2. The molecule has 2 N–H and O–H groups in total. The van der Waals surface area contributed by atoms with E-state index in [0.29, 0.717) is 29.1 Å². The van der Waals surface area contributed by atoms with Crippen molar-refractivity contribution in [1.82, 2.24) is 5.32 Å². The van der Waals surface area contributed by atoms with Crippen LogP contribution in [-0.2, 0) is 9.59 Å². The number of thioether (sulfide) groups is 1. The maximum Gasteiger partial charge on any atom is 0.252 e. The molecular formula is C28H29N3O3S. The molecule has 3 aromatic rings. The van der Waals surface area contributed by atoms with Crippen LogP contribution >= 0.6 is 11.8 Å². The topological polar surface area (TPSA) is 78.5 Å². The van der Waals surface area contributed by atoms with E-state index in [1.165, 1.54) is 0 Å². The van der Waals surface area contributed by atoms with Gasteiger partial charge < -0.3 is 10.6 Å². The quantitative estimate of drug-likeness (QED) is 0.473. The van der Waals surface area contributed by atoms with Crippen molar-refractivity contribution in [2.45, 2.75) is 38.1 Å². The van der Waals surface area contributed by atoms with Gasteiger partial charge in [-0.15, -0.1) is 11.8 Å². The lowest BCUT2D eigenvalue weighted by Crippen LogP contribution is -2.54. The number of nitrogens with one attached hydrogen (secondary N) is 2. The molecule has 3 amide bonds. The fourth-order valence-corrected chi connectivity index (χ4v) is 5.08. The van der Waals surface area contributed by atoms with E-state index in [-0.39, 0.29) is 23.1 Å². The second-order valence-corrected chi connectivity index (χ2v) is 9.92. The first kappa shape index (κ1) is 24.5. The summed E-state index contributed by atoms with van der Waals surface area (Å²) in [4.78, 5) is 40.8. The largest absolute Gasteiger partial charge is 0.338 e. The Bertz CT molecular complexity index is 1230. The number of carbonyl (C=O) groups excluding carboxylic acids is 3. The predicted octanol–water partition coefficient (Wildman–Crippen LogP) is 5.31. The van der Waals surface area contributed by atoms with Crippen LogP contribution in [0.5, 0.6) is 0 Å². The molecule has 180 valence electrons. The van der Waals surface area contributed by atoms with Gasteiger partial charge in [0.15, 0.2) is 0 Å². The Morgan fingerprint density at radius 3 is 2.43 bits per heavy atom. The molecule has 0 radical (unpaired) electrons. The molecule has 1 aliphatic heterocycles. The first-order valence-corrected chi connectivity index (χ1v) is 12.6. The van der Waals surface area contributed by atoms with Crippen LogP contribution in [0.1, 0.15) is 47.1 Å². The Morgan fingerprint density at radius 1 is 1.03 bits per heavy atom. The molecule has 2 atom stereocenters.